The van der Waals surface area contributed by atoms with Gasteiger partial charge in [0.2, 0.25) is 0 Å². The first kappa shape index (κ1) is 21.9. The topological polar surface area (TPSA) is 97.5 Å². The van der Waals surface area contributed by atoms with Gasteiger partial charge in [0.1, 0.15) is 12.4 Å². The van der Waals surface area contributed by atoms with Crippen molar-refractivity contribution >= 4 is 17.3 Å². The zero-order chi connectivity index (χ0) is 24.0. The molecular weight excluding hydrogens is 451 g/mol. The maximum Gasteiger partial charge on any atom is 0.255 e. The lowest BCUT2D eigenvalue weighted by atomic mass is 9.93. The lowest BCUT2D eigenvalue weighted by Gasteiger charge is -2.23. The molecule has 35 heavy (non-hydrogen) atoms. The van der Waals surface area contributed by atoms with Crippen molar-refractivity contribution in [3.05, 3.63) is 53.7 Å². The molecule has 1 spiro atoms. The number of hydrogen-bond donors (Lipinski definition) is 3. The van der Waals surface area contributed by atoms with E-state index in [4.69, 9.17) is 14.2 Å². The number of methoxy groups -OCH3 is 1. The van der Waals surface area contributed by atoms with Crippen LogP contribution >= 0.6 is 0 Å². The van der Waals surface area contributed by atoms with Crippen LogP contribution in [-0.4, -0.2) is 48.8 Å². The van der Waals surface area contributed by atoms with Crippen molar-refractivity contribution in [3.63, 3.8) is 0 Å². The average molecular weight is 479 g/mol. The van der Waals surface area contributed by atoms with E-state index in [0.717, 1.165) is 43.5 Å². The fraction of sp³-hybridized carbons (Fsp3) is 0.385. The monoisotopic (exact) mass is 478 g/mol. The summed E-state index contributed by atoms with van der Waals surface area (Å²) < 4.78 is 31.6. The molecule has 182 valence electrons. The van der Waals surface area contributed by atoms with Gasteiger partial charge < -0.3 is 29.8 Å². The Kier molecular flexibility index (Phi) is 5.36. The van der Waals surface area contributed by atoms with E-state index in [1.807, 2.05) is 6.07 Å². The standard InChI is InChI=1S/C26H27FN4O4/c1-33-23-17(27)5-2-6-18(23)30-22-20-24(26(8-9-26)14-29-25(20)32)31-21(22)16-7-10-28-12-19(16)35-13-15-4-3-11-34-15/h2,5-7,10,12,15,30-31H,3-4,8-9,11,13-14H2,1H3,(H,29,32). The van der Waals surface area contributed by atoms with E-state index in [2.05, 4.69) is 20.6 Å². The number of para-hydroxylation sites is 1. The summed E-state index contributed by atoms with van der Waals surface area (Å²) in [5.74, 6) is 0.00119. The molecule has 2 aromatic heterocycles. The second-order valence-electron chi connectivity index (χ2n) is 9.35. The molecule has 3 N–H and O–H groups in total. The molecule has 3 aliphatic rings. The van der Waals surface area contributed by atoms with E-state index in [1.54, 1.807) is 24.5 Å². The molecule has 6 rings (SSSR count). The molecule has 2 fully saturated rings. The van der Waals surface area contributed by atoms with Gasteiger partial charge in [-0.1, -0.05) is 6.07 Å². The summed E-state index contributed by atoms with van der Waals surface area (Å²) in [7, 11) is 1.42. The van der Waals surface area contributed by atoms with Gasteiger partial charge >= 0.3 is 0 Å². The number of H-pyrrole nitrogens is 1. The van der Waals surface area contributed by atoms with Gasteiger partial charge in [0.05, 0.1) is 42.0 Å². The highest BCUT2D eigenvalue weighted by molar-refractivity contribution is 6.07. The van der Waals surface area contributed by atoms with Gasteiger partial charge in [0.15, 0.2) is 11.6 Å². The number of halogens is 1. The molecule has 1 aromatic carbocycles. The van der Waals surface area contributed by atoms with Gasteiger partial charge in [0.25, 0.3) is 5.91 Å². The largest absolute Gasteiger partial charge is 0.492 e. The number of carbonyl (C=O) groups is 1. The van der Waals surface area contributed by atoms with Crippen LogP contribution in [0.15, 0.2) is 36.7 Å². The summed E-state index contributed by atoms with van der Waals surface area (Å²) in [6.07, 6.45) is 7.37. The third-order valence-electron chi connectivity index (χ3n) is 7.13. The van der Waals surface area contributed by atoms with E-state index in [1.165, 1.54) is 13.2 Å². The Labute approximate surface area is 202 Å². The highest BCUT2D eigenvalue weighted by Gasteiger charge is 2.51. The van der Waals surface area contributed by atoms with Crippen molar-refractivity contribution in [2.75, 3.05) is 32.2 Å². The smallest absolute Gasteiger partial charge is 0.255 e. The molecule has 1 aliphatic carbocycles. The van der Waals surface area contributed by atoms with E-state index >= 15 is 0 Å². The number of anilines is 2. The van der Waals surface area contributed by atoms with Gasteiger partial charge in [-0.25, -0.2) is 4.39 Å². The molecule has 0 radical (unpaired) electrons. The van der Waals surface area contributed by atoms with Crippen LogP contribution in [0.3, 0.4) is 0 Å². The van der Waals surface area contributed by atoms with Crippen LogP contribution in [0.1, 0.15) is 41.7 Å². The zero-order valence-electron chi connectivity index (χ0n) is 19.4. The molecule has 1 atom stereocenters. The Hall–Kier alpha value is -3.59. The van der Waals surface area contributed by atoms with E-state index in [9.17, 15) is 9.18 Å². The van der Waals surface area contributed by atoms with Crippen molar-refractivity contribution < 1.29 is 23.4 Å². The summed E-state index contributed by atoms with van der Waals surface area (Å²) in [4.78, 5) is 20.9. The molecular formula is C26H27FN4O4. The Balaban J connectivity index is 1.47. The van der Waals surface area contributed by atoms with E-state index in [0.29, 0.717) is 41.5 Å². The predicted octanol–water partition coefficient (Wildman–Crippen LogP) is 4.30. The van der Waals surface area contributed by atoms with Crippen LogP contribution in [0.2, 0.25) is 0 Å². The summed E-state index contributed by atoms with van der Waals surface area (Å²) in [5.41, 5.74) is 3.77. The minimum atomic E-state index is -0.490. The number of aromatic amines is 1. The van der Waals surface area contributed by atoms with Crippen LogP contribution in [-0.2, 0) is 10.2 Å². The minimum absolute atomic E-state index is 0.0505. The van der Waals surface area contributed by atoms with E-state index in [-0.39, 0.29) is 23.2 Å². The Morgan fingerprint density at radius 1 is 1.31 bits per heavy atom. The first-order valence-corrected chi connectivity index (χ1v) is 11.9. The number of amides is 1. The Bertz CT molecular complexity index is 1280. The number of nitrogens with one attached hydrogen (secondary N) is 3. The fourth-order valence-electron chi connectivity index (χ4n) is 5.07. The summed E-state index contributed by atoms with van der Waals surface area (Å²) in [5, 5.41) is 6.34. The van der Waals surface area contributed by atoms with Gasteiger partial charge in [-0.3, -0.25) is 9.78 Å². The first-order valence-electron chi connectivity index (χ1n) is 11.9. The molecule has 0 bridgehead atoms. The van der Waals surface area contributed by atoms with E-state index < -0.39 is 5.82 Å². The van der Waals surface area contributed by atoms with Crippen LogP contribution < -0.4 is 20.1 Å². The van der Waals surface area contributed by atoms with Gasteiger partial charge in [0, 0.05) is 36.0 Å². The number of benzene rings is 1. The fourth-order valence-corrected chi connectivity index (χ4v) is 5.07. The Morgan fingerprint density at radius 2 is 2.20 bits per heavy atom. The van der Waals surface area contributed by atoms with Crippen molar-refractivity contribution in [2.45, 2.75) is 37.2 Å². The SMILES string of the molecule is COc1c(F)cccc1Nc1c(-c2ccncc2OCC2CCCO2)[nH]c2c1C(=O)NCC21CC1. The molecule has 1 saturated heterocycles. The predicted molar refractivity (Wildman–Crippen MR) is 128 cm³/mol. The third-order valence-corrected chi connectivity index (χ3v) is 7.13. The van der Waals surface area contributed by atoms with Crippen molar-refractivity contribution in [3.8, 4) is 22.8 Å². The highest BCUT2D eigenvalue weighted by Crippen LogP contribution is 2.54. The maximum absolute atomic E-state index is 14.5. The first-order chi connectivity index (χ1) is 17.1. The second kappa shape index (κ2) is 8.57. The number of fused-ring (bicyclic) bond motifs is 2. The number of carbonyl (C=O) groups excluding carboxylic acids is 1. The van der Waals surface area contributed by atoms with Crippen LogP contribution in [0.4, 0.5) is 15.8 Å². The second-order valence-corrected chi connectivity index (χ2v) is 9.35. The number of rotatable bonds is 7. The lowest BCUT2D eigenvalue weighted by molar-refractivity contribution is 0.0680. The quantitative estimate of drug-likeness (QED) is 0.469. The molecule has 1 saturated carbocycles. The molecule has 9 heteroatoms. The molecule has 8 nitrogen and oxygen atoms in total. The number of ether oxygens (including phenoxy) is 3. The lowest BCUT2D eigenvalue weighted by Crippen LogP contribution is -2.39. The normalized spacial score (nSPS) is 19.8. The summed E-state index contributed by atoms with van der Waals surface area (Å²) in [6.45, 7) is 1.77. The summed E-state index contributed by atoms with van der Waals surface area (Å²) >= 11 is 0. The van der Waals surface area contributed by atoms with Crippen molar-refractivity contribution in [1.29, 1.82) is 0 Å². The minimum Gasteiger partial charge on any atom is -0.492 e. The third kappa shape index (κ3) is 3.80. The van der Waals surface area contributed by atoms with Crippen LogP contribution in [0.25, 0.3) is 11.3 Å². The number of hydrogen-bond acceptors (Lipinski definition) is 6. The van der Waals surface area contributed by atoms with Gasteiger partial charge in [-0.05, 0) is 43.9 Å². The van der Waals surface area contributed by atoms with Gasteiger partial charge in [-0.2, -0.15) is 0 Å². The molecule has 4 heterocycles. The number of pyridine rings is 1. The highest BCUT2D eigenvalue weighted by atomic mass is 19.1. The average Bonchev–Trinajstić information content (AvgIpc) is 3.26. The molecule has 1 amide bonds. The van der Waals surface area contributed by atoms with Gasteiger partial charge in [-0.15, -0.1) is 0 Å². The number of nitrogens with zero attached hydrogens (tertiary/aromatic N) is 1. The van der Waals surface area contributed by atoms with Crippen LogP contribution in [0, 0.1) is 5.82 Å². The number of aromatic nitrogens is 2. The molecule has 3 aromatic rings. The van der Waals surface area contributed by atoms with Crippen molar-refractivity contribution in [2.24, 2.45) is 0 Å². The maximum atomic E-state index is 14.5. The molecule has 1 unspecified atom stereocenters. The van der Waals surface area contributed by atoms with Crippen molar-refractivity contribution in [1.82, 2.24) is 15.3 Å². The summed E-state index contributed by atoms with van der Waals surface area (Å²) in [6, 6.07) is 6.51. The zero-order valence-corrected chi connectivity index (χ0v) is 19.4. The Morgan fingerprint density at radius 3 is 2.97 bits per heavy atom. The molecule has 2 aliphatic heterocycles. The van der Waals surface area contributed by atoms with Crippen LogP contribution in [0.5, 0.6) is 11.5 Å².